The first kappa shape index (κ1) is 17.5. The van der Waals surface area contributed by atoms with Crippen LogP contribution in [0.1, 0.15) is 5.56 Å². The smallest absolute Gasteiger partial charge is 0.395 e. The highest BCUT2D eigenvalue weighted by atomic mass is 35.5. The summed E-state index contributed by atoms with van der Waals surface area (Å²) in [6.45, 7) is -0.762. The molecule has 0 saturated heterocycles. The van der Waals surface area contributed by atoms with E-state index < -0.39 is 22.8 Å². The molecule has 9 heteroatoms. The van der Waals surface area contributed by atoms with Gasteiger partial charge in [-0.15, -0.1) is 0 Å². The number of hydrogen-bond donors (Lipinski definition) is 3. The van der Waals surface area contributed by atoms with Crippen LogP contribution in [0.25, 0.3) is 0 Å². The summed E-state index contributed by atoms with van der Waals surface area (Å²) >= 11 is 5.47. The second kappa shape index (κ2) is 7.48. The van der Waals surface area contributed by atoms with Crippen molar-refractivity contribution in [1.82, 2.24) is 4.90 Å². The van der Waals surface area contributed by atoms with Gasteiger partial charge < -0.3 is 20.4 Å². The molecule has 3 N–H and O–H groups in total. The number of rotatable bonds is 5. The molecular formula is C12H14ClF3N2O3. The Bertz CT molecular complexity index is 491. The number of carbonyl (C=O) groups is 1. The van der Waals surface area contributed by atoms with Gasteiger partial charge in [-0.25, -0.2) is 4.79 Å². The molecule has 1 aromatic carbocycles. The van der Waals surface area contributed by atoms with Crippen LogP contribution in [0.5, 0.6) is 0 Å². The summed E-state index contributed by atoms with van der Waals surface area (Å²) in [5.41, 5.74) is -1.14. The third kappa shape index (κ3) is 5.07. The predicted molar refractivity (Wildman–Crippen MR) is 71.2 cm³/mol. The Labute approximate surface area is 123 Å². The van der Waals surface area contributed by atoms with Crippen LogP contribution in [0, 0.1) is 0 Å². The van der Waals surface area contributed by atoms with Gasteiger partial charge in [-0.2, -0.15) is 13.2 Å². The Hall–Kier alpha value is -1.51. The molecule has 0 spiro atoms. The fraction of sp³-hybridized carbons (Fsp3) is 0.417. The summed E-state index contributed by atoms with van der Waals surface area (Å²) in [5.74, 6) is 0. The minimum absolute atomic E-state index is 0.0495. The van der Waals surface area contributed by atoms with E-state index in [1.807, 2.05) is 0 Å². The monoisotopic (exact) mass is 326 g/mol. The maximum Gasteiger partial charge on any atom is 0.417 e. The maximum absolute atomic E-state index is 12.7. The van der Waals surface area contributed by atoms with Crippen LogP contribution in [-0.4, -0.2) is 47.4 Å². The van der Waals surface area contributed by atoms with Gasteiger partial charge in [-0.05, 0) is 18.2 Å². The van der Waals surface area contributed by atoms with E-state index in [-0.39, 0.29) is 32.0 Å². The van der Waals surface area contributed by atoms with Crippen LogP contribution < -0.4 is 5.32 Å². The Kier molecular flexibility index (Phi) is 6.25. The summed E-state index contributed by atoms with van der Waals surface area (Å²) in [6.07, 6.45) is -4.63. The average molecular weight is 327 g/mol. The van der Waals surface area contributed by atoms with Crippen molar-refractivity contribution in [2.24, 2.45) is 0 Å². The van der Waals surface area contributed by atoms with Gasteiger partial charge in [0.15, 0.2) is 0 Å². The van der Waals surface area contributed by atoms with Crippen LogP contribution in [-0.2, 0) is 6.18 Å². The molecule has 0 heterocycles. The van der Waals surface area contributed by atoms with Crippen molar-refractivity contribution in [2.75, 3.05) is 31.6 Å². The van der Waals surface area contributed by atoms with E-state index in [1.165, 1.54) is 6.07 Å². The fourth-order valence-corrected chi connectivity index (χ4v) is 1.80. The van der Waals surface area contributed by atoms with Crippen LogP contribution in [0.15, 0.2) is 18.2 Å². The van der Waals surface area contributed by atoms with Gasteiger partial charge in [0.25, 0.3) is 0 Å². The molecule has 0 fully saturated rings. The molecule has 0 aromatic heterocycles. The van der Waals surface area contributed by atoms with E-state index >= 15 is 0 Å². The van der Waals surface area contributed by atoms with Gasteiger partial charge >= 0.3 is 12.2 Å². The summed E-state index contributed by atoms with van der Waals surface area (Å²) in [6, 6.07) is 2.25. The highest BCUT2D eigenvalue weighted by Crippen LogP contribution is 2.36. The van der Waals surface area contributed by atoms with Crippen molar-refractivity contribution in [3.05, 3.63) is 28.8 Å². The largest absolute Gasteiger partial charge is 0.417 e. The SMILES string of the molecule is O=C(Nc1ccc(Cl)c(C(F)(F)F)c1)N(CCO)CCO. The number of halogens is 4. The van der Waals surface area contributed by atoms with E-state index in [4.69, 9.17) is 21.8 Å². The van der Waals surface area contributed by atoms with Gasteiger partial charge in [0.1, 0.15) is 0 Å². The van der Waals surface area contributed by atoms with Gasteiger partial charge in [0.05, 0.1) is 23.8 Å². The average Bonchev–Trinajstić information content (AvgIpc) is 2.39. The number of amides is 2. The van der Waals surface area contributed by atoms with Crippen molar-refractivity contribution >= 4 is 23.3 Å². The Balaban J connectivity index is 2.90. The second-order valence-corrected chi connectivity index (χ2v) is 4.46. The van der Waals surface area contributed by atoms with Gasteiger partial charge in [-0.3, -0.25) is 0 Å². The molecule has 21 heavy (non-hydrogen) atoms. The van der Waals surface area contributed by atoms with Crippen LogP contribution >= 0.6 is 11.6 Å². The zero-order valence-electron chi connectivity index (χ0n) is 10.8. The summed E-state index contributed by atoms with van der Waals surface area (Å²) in [4.78, 5) is 12.9. The molecular weight excluding hydrogens is 313 g/mol. The number of hydrogen-bond acceptors (Lipinski definition) is 3. The highest BCUT2D eigenvalue weighted by Gasteiger charge is 2.33. The third-order valence-corrected chi connectivity index (χ3v) is 2.88. The Morgan fingerprint density at radius 2 is 1.81 bits per heavy atom. The van der Waals surface area contributed by atoms with Crippen molar-refractivity contribution in [2.45, 2.75) is 6.18 Å². The number of anilines is 1. The predicted octanol–water partition coefficient (Wildman–Crippen LogP) is 2.18. The molecule has 0 radical (unpaired) electrons. The van der Waals surface area contributed by atoms with E-state index in [0.29, 0.717) is 0 Å². The molecule has 0 unspecified atom stereocenters. The summed E-state index contributed by atoms with van der Waals surface area (Å²) in [7, 11) is 0. The quantitative estimate of drug-likeness (QED) is 0.776. The van der Waals surface area contributed by atoms with E-state index in [9.17, 15) is 18.0 Å². The van der Waals surface area contributed by atoms with Crippen LogP contribution in [0.2, 0.25) is 5.02 Å². The molecule has 118 valence electrons. The van der Waals surface area contributed by atoms with Gasteiger partial charge in [0, 0.05) is 18.8 Å². The van der Waals surface area contributed by atoms with Crippen LogP contribution in [0.3, 0.4) is 0 Å². The molecule has 0 atom stereocenters. The number of nitrogens with zero attached hydrogens (tertiary/aromatic N) is 1. The first-order valence-electron chi connectivity index (χ1n) is 5.94. The lowest BCUT2D eigenvalue weighted by molar-refractivity contribution is -0.137. The molecule has 0 bridgehead atoms. The number of carbonyl (C=O) groups excluding carboxylic acids is 1. The second-order valence-electron chi connectivity index (χ2n) is 4.06. The Morgan fingerprint density at radius 1 is 1.24 bits per heavy atom. The van der Waals surface area contributed by atoms with E-state index in [0.717, 1.165) is 17.0 Å². The standard InChI is InChI=1S/C12H14ClF3N2O3/c13-10-2-1-8(7-9(10)12(14,15)16)17-11(21)18(3-5-19)4-6-20/h1-2,7,19-20H,3-6H2,(H,17,21). The van der Waals surface area contributed by atoms with Crippen molar-refractivity contribution in [3.8, 4) is 0 Å². The van der Waals surface area contributed by atoms with Gasteiger partial charge in [-0.1, -0.05) is 11.6 Å². The Morgan fingerprint density at radius 3 is 2.29 bits per heavy atom. The molecule has 1 aromatic rings. The molecule has 0 aliphatic heterocycles. The van der Waals surface area contributed by atoms with Gasteiger partial charge in [0.2, 0.25) is 0 Å². The van der Waals surface area contributed by atoms with Crippen molar-refractivity contribution in [3.63, 3.8) is 0 Å². The minimum Gasteiger partial charge on any atom is -0.395 e. The number of urea groups is 1. The zero-order chi connectivity index (χ0) is 16.0. The lowest BCUT2D eigenvalue weighted by atomic mass is 10.2. The molecule has 2 amide bonds. The number of nitrogens with one attached hydrogen (secondary N) is 1. The minimum atomic E-state index is -4.63. The fourth-order valence-electron chi connectivity index (χ4n) is 1.58. The maximum atomic E-state index is 12.7. The normalized spacial score (nSPS) is 11.3. The zero-order valence-corrected chi connectivity index (χ0v) is 11.6. The summed E-state index contributed by atoms with van der Waals surface area (Å²) in [5, 5.41) is 19.4. The number of benzene rings is 1. The molecule has 0 saturated carbocycles. The molecule has 5 nitrogen and oxygen atoms in total. The number of alkyl halides is 3. The molecule has 0 aliphatic carbocycles. The first-order chi connectivity index (χ1) is 9.79. The lowest BCUT2D eigenvalue weighted by Gasteiger charge is -2.21. The summed E-state index contributed by atoms with van der Waals surface area (Å²) < 4.78 is 38.1. The van der Waals surface area contributed by atoms with E-state index in [1.54, 1.807) is 0 Å². The van der Waals surface area contributed by atoms with Crippen molar-refractivity contribution < 1.29 is 28.2 Å². The van der Waals surface area contributed by atoms with Crippen molar-refractivity contribution in [1.29, 1.82) is 0 Å². The number of aliphatic hydroxyl groups is 2. The van der Waals surface area contributed by atoms with E-state index in [2.05, 4.69) is 5.32 Å². The molecule has 1 rings (SSSR count). The topological polar surface area (TPSA) is 72.8 Å². The molecule has 0 aliphatic rings. The highest BCUT2D eigenvalue weighted by molar-refractivity contribution is 6.31. The third-order valence-electron chi connectivity index (χ3n) is 2.55. The first-order valence-corrected chi connectivity index (χ1v) is 6.31. The van der Waals surface area contributed by atoms with Crippen LogP contribution in [0.4, 0.5) is 23.7 Å². The lowest BCUT2D eigenvalue weighted by Crippen LogP contribution is -2.39. The number of aliphatic hydroxyl groups excluding tert-OH is 2.